The van der Waals surface area contributed by atoms with Crippen LogP contribution in [0.2, 0.25) is 0 Å². The number of ether oxygens (including phenoxy) is 1. The van der Waals surface area contributed by atoms with Crippen LogP contribution >= 0.6 is 0 Å². The predicted octanol–water partition coefficient (Wildman–Crippen LogP) is 3.10. The number of sulfonamides is 1. The smallest absolute Gasteiger partial charge is 0.271 e. The monoisotopic (exact) mass is 421 g/mol. The number of non-ortho nitro benzene ring substituents is 1. The van der Waals surface area contributed by atoms with E-state index in [1.807, 2.05) is 13.0 Å². The number of amides is 1. The summed E-state index contributed by atoms with van der Waals surface area (Å²) in [5, 5.41) is 13.8. The lowest BCUT2D eigenvalue weighted by Gasteiger charge is -2.30. The van der Waals surface area contributed by atoms with E-state index < -0.39 is 26.9 Å². The van der Waals surface area contributed by atoms with Crippen LogP contribution < -0.4 is 14.4 Å². The van der Waals surface area contributed by atoms with E-state index >= 15 is 0 Å². The number of anilines is 2. The molecule has 0 aliphatic rings. The van der Waals surface area contributed by atoms with Gasteiger partial charge in [-0.05, 0) is 37.1 Å². The number of aryl methyl sites for hydroxylation is 1. The van der Waals surface area contributed by atoms with Gasteiger partial charge in [-0.15, -0.1) is 0 Å². The molecule has 9 nitrogen and oxygen atoms in total. The zero-order chi connectivity index (χ0) is 21.8. The molecular weight excluding hydrogens is 398 g/mol. The number of rotatable bonds is 8. The molecule has 0 radical (unpaired) electrons. The highest BCUT2D eigenvalue weighted by Crippen LogP contribution is 2.29. The molecule has 0 aliphatic heterocycles. The maximum absolute atomic E-state index is 13.0. The minimum Gasteiger partial charge on any atom is -0.495 e. The maximum Gasteiger partial charge on any atom is 0.271 e. The van der Waals surface area contributed by atoms with Crippen molar-refractivity contribution >= 4 is 33.0 Å². The van der Waals surface area contributed by atoms with Crippen LogP contribution in [0.25, 0.3) is 0 Å². The average molecular weight is 421 g/mol. The first-order chi connectivity index (χ1) is 13.6. The van der Waals surface area contributed by atoms with Gasteiger partial charge in [0.25, 0.3) is 5.69 Å². The number of nitrogens with zero attached hydrogens (tertiary/aromatic N) is 2. The Morgan fingerprint density at radius 1 is 1.28 bits per heavy atom. The van der Waals surface area contributed by atoms with Crippen molar-refractivity contribution < 1.29 is 22.9 Å². The number of methoxy groups -OCH3 is 1. The van der Waals surface area contributed by atoms with E-state index in [-0.39, 0.29) is 17.8 Å². The van der Waals surface area contributed by atoms with Crippen LogP contribution in [0.15, 0.2) is 42.5 Å². The van der Waals surface area contributed by atoms with E-state index in [0.717, 1.165) is 22.2 Å². The second-order valence-electron chi connectivity index (χ2n) is 6.45. The molecule has 156 valence electrons. The van der Waals surface area contributed by atoms with Crippen LogP contribution in [0.4, 0.5) is 17.1 Å². The minimum atomic E-state index is -3.91. The van der Waals surface area contributed by atoms with Crippen molar-refractivity contribution in [3.05, 3.63) is 58.1 Å². The van der Waals surface area contributed by atoms with Gasteiger partial charge < -0.3 is 10.1 Å². The third kappa shape index (κ3) is 5.23. The first-order valence-corrected chi connectivity index (χ1v) is 10.6. The molecule has 0 spiro atoms. The molecule has 0 bridgehead atoms. The van der Waals surface area contributed by atoms with Gasteiger partial charge in [-0.25, -0.2) is 8.42 Å². The summed E-state index contributed by atoms with van der Waals surface area (Å²) in [7, 11) is -2.45. The first-order valence-electron chi connectivity index (χ1n) is 8.77. The minimum absolute atomic E-state index is 0.0416. The Balaban J connectivity index is 2.47. The molecule has 0 fully saturated rings. The van der Waals surface area contributed by atoms with E-state index in [9.17, 15) is 23.3 Å². The van der Waals surface area contributed by atoms with Gasteiger partial charge in [-0.2, -0.15) is 0 Å². The van der Waals surface area contributed by atoms with E-state index in [1.165, 1.54) is 25.3 Å². The molecule has 10 heteroatoms. The molecule has 1 amide bonds. The molecule has 2 aromatic carbocycles. The molecule has 2 rings (SSSR count). The van der Waals surface area contributed by atoms with Gasteiger partial charge in [-0.1, -0.05) is 19.1 Å². The van der Waals surface area contributed by atoms with Crippen molar-refractivity contribution in [1.82, 2.24) is 0 Å². The van der Waals surface area contributed by atoms with Crippen molar-refractivity contribution in [3.63, 3.8) is 0 Å². The van der Waals surface area contributed by atoms with Crippen LogP contribution in [0.3, 0.4) is 0 Å². The molecule has 2 aromatic rings. The van der Waals surface area contributed by atoms with Gasteiger partial charge in [0.2, 0.25) is 15.9 Å². The summed E-state index contributed by atoms with van der Waals surface area (Å²) in [6, 6.07) is 9.28. The van der Waals surface area contributed by atoms with Gasteiger partial charge in [0, 0.05) is 12.1 Å². The Hall–Kier alpha value is -3.14. The number of benzene rings is 2. The Kier molecular flexibility index (Phi) is 6.80. The fraction of sp³-hybridized carbons (Fsp3) is 0.316. The Morgan fingerprint density at radius 2 is 1.97 bits per heavy atom. The van der Waals surface area contributed by atoms with Crippen molar-refractivity contribution in [1.29, 1.82) is 0 Å². The van der Waals surface area contributed by atoms with Crippen LogP contribution in [-0.2, 0) is 14.8 Å². The fourth-order valence-electron chi connectivity index (χ4n) is 2.94. The van der Waals surface area contributed by atoms with Crippen molar-refractivity contribution in [2.45, 2.75) is 26.3 Å². The zero-order valence-electron chi connectivity index (χ0n) is 16.6. The van der Waals surface area contributed by atoms with E-state index in [1.54, 1.807) is 19.1 Å². The number of nitro benzene ring substituents is 1. The lowest BCUT2D eigenvalue weighted by Crippen LogP contribution is -2.47. The van der Waals surface area contributed by atoms with Crippen LogP contribution in [-0.4, -0.2) is 38.7 Å². The average Bonchev–Trinajstić information content (AvgIpc) is 2.65. The second kappa shape index (κ2) is 8.91. The molecule has 29 heavy (non-hydrogen) atoms. The Labute approximate surface area is 169 Å². The molecule has 0 aromatic heterocycles. The van der Waals surface area contributed by atoms with Gasteiger partial charge in [0.15, 0.2) is 0 Å². The summed E-state index contributed by atoms with van der Waals surface area (Å²) in [4.78, 5) is 23.5. The third-order valence-corrected chi connectivity index (χ3v) is 5.42. The predicted molar refractivity (Wildman–Crippen MR) is 111 cm³/mol. The highest BCUT2D eigenvalue weighted by Gasteiger charge is 2.32. The summed E-state index contributed by atoms with van der Waals surface area (Å²) < 4.78 is 31.1. The number of hydrogen-bond donors (Lipinski definition) is 1. The summed E-state index contributed by atoms with van der Waals surface area (Å²) in [6.45, 7) is 3.51. The maximum atomic E-state index is 13.0. The Morgan fingerprint density at radius 3 is 2.52 bits per heavy atom. The van der Waals surface area contributed by atoms with Crippen molar-refractivity contribution in [2.75, 3.05) is 23.0 Å². The number of carbonyl (C=O) groups excluding carboxylic acids is 1. The van der Waals surface area contributed by atoms with Crippen LogP contribution in [0.1, 0.15) is 18.9 Å². The lowest BCUT2D eigenvalue weighted by atomic mass is 10.1. The van der Waals surface area contributed by atoms with Gasteiger partial charge in [0.1, 0.15) is 11.8 Å². The van der Waals surface area contributed by atoms with E-state index in [2.05, 4.69) is 5.32 Å². The largest absolute Gasteiger partial charge is 0.495 e. The van der Waals surface area contributed by atoms with Crippen LogP contribution in [0, 0.1) is 17.0 Å². The fourth-order valence-corrected chi connectivity index (χ4v) is 4.14. The Bertz CT molecular complexity index is 1020. The molecule has 0 unspecified atom stereocenters. The van der Waals surface area contributed by atoms with Crippen LogP contribution in [0.5, 0.6) is 5.75 Å². The third-order valence-electron chi connectivity index (χ3n) is 4.24. The molecule has 1 atom stereocenters. The van der Waals surface area contributed by atoms with E-state index in [0.29, 0.717) is 11.4 Å². The van der Waals surface area contributed by atoms with Crippen molar-refractivity contribution in [2.24, 2.45) is 0 Å². The SMILES string of the molecule is CC[C@@H](C(=O)Nc1cc(C)ccc1OC)N(c1cccc([N+](=O)[O-])c1)S(C)(=O)=O. The number of carbonyl (C=O) groups is 1. The topological polar surface area (TPSA) is 119 Å². The molecule has 0 saturated heterocycles. The molecule has 0 heterocycles. The van der Waals surface area contributed by atoms with Gasteiger partial charge >= 0.3 is 0 Å². The molecular formula is C19H23N3O6S. The van der Waals surface area contributed by atoms with E-state index in [4.69, 9.17) is 4.74 Å². The molecule has 0 aliphatic carbocycles. The first kappa shape index (κ1) is 22.2. The summed E-state index contributed by atoms with van der Waals surface area (Å²) >= 11 is 0. The number of nitro groups is 1. The molecule has 0 saturated carbocycles. The second-order valence-corrected chi connectivity index (χ2v) is 8.31. The summed E-state index contributed by atoms with van der Waals surface area (Å²) in [6.07, 6.45) is 1.10. The standard InChI is InChI=1S/C19H23N3O6S/c1-5-17(19(23)20-16-11-13(2)9-10-18(16)28-3)21(29(4,26)27)14-7-6-8-15(12-14)22(24)25/h6-12,17H,5H2,1-4H3,(H,20,23)/t17-/m0/s1. The zero-order valence-corrected chi connectivity index (χ0v) is 17.4. The highest BCUT2D eigenvalue weighted by molar-refractivity contribution is 7.92. The lowest BCUT2D eigenvalue weighted by molar-refractivity contribution is -0.384. The summed E-state index contributed by atoms with van der Waals surface area (Å²) in [5.74, 6) is -0.145. The number of nitrogens with one attached hydrogen (secondary N) is 1. The summed E-state index contributed by atoms with van der Waals surface area (Å²) in [5.41, 5.74) is 1.06. The molecule has 1 N–H and O–H groups in total. The number of hydrogen-bond acceptors (Lipinski definition) is 6. The van der Waals surface area contributed by atoms with Crippen molar-refractivity contribution in [3.8, 4) is 5.75 Å². The highest BCUT2D eigenvalue weighted by atomic mass is 32.2. The normalized spacial score (nSPS) is 12.1. The van der Waals surface area contributed by atoms with Gasteiger partial charge in [-0.3, -0.25) is 19.2 Å². The van der Waals surface area contributed by atoms with Gasteiger partial charge in [0.05, 0.1) is 29.7 Å². The quantitative estimate of drug-likeness (QED) is 0.517.